The molecule has 6 nitrogen and oxygen atoms in total. The Morgan fingerprint density at radius 2 is 1.89 bits per heavy atom. The van der Waals surface area contributed by atoms with Gasteiger partial charge < -0.3 is 16.0 Å². The van der Waals surface area contributed by atoms with Gasteiger partial charge in [-0.3, -0.25) is 10.1 Å². The summed E-state index contributed by atoms with van der Waals surface area (Å²) >= 11 is 0. The van der Waals surface area contributed by atoms with Crippen molar-refractivity contribution in [3.63, 3.8) is 0 Å². The number of amides is 3. The lowest BCUT2D eigenvalue weighted by Gasteiger charge is -2.21. The zero-order valence-corrected chi connectivity index (χ0v) is 11.8. The Morgan fingerprint density at radius 1 is 1.28 bits per heavy atom. The lowest BCUT2D eigenvalue weighted by molar-refractivity contribution is -0.120. The SMILES string of the molecule is CNC(=O)NC(=O)CCN(C)CCC(N)C(C)C. The summed E-state index contributed by atoms with van der Waals surface area (Å²) in [5.74, 6) is 0.198. The Balaban J connectivity index is 3.73. The fourth-order valence-electron chi connectivity index (χ4n) is 1.36. The number of urea groups is 1. The van der Waals surface area contributed by atoms with Crippen molar-refractivity contribution in [1.29, 1.82) is 0 Å². The fraction of sp³-hybridized carbons (Fsp3) is 0.833. The van der Waals surface area contributed by atoms with E-state index in [9.17, 15) is 9.59 Å². The van der Waals surface area contributed by atoms with Gasteiger partial charge in [0.2, 0.25) is 5.91 Å². The molecule has 0 bridgehead atoms. The topological polar surface area (TPSA) is 87.5 Å². The molecule has 106 valence electrons. The Morgan fingerprint density at radius 3 is 2.39 bits per heavy atom. The van der Waals surface area contributed by atoms with E-state index in [4.69, 9.17) is 5.73 Å². The van der Waals surface area contributed by atoms with Crippen LogP contribution >= 0.6 is 0 Å². The van der Waals surface area contributed by atoms with Crippen LogP contribution in [0.4, 0.5) is 4.79 Å². The first-order valence-electron chi connectivity index (χ1n) is 6.32. The van der Waals surface area contributed by atoms with Gasteiger partial charge >= 0.3 is 6.03 Å². The van der Waals surface area contributed by atoms with Gasteiger partial charge in [0, 0.05) is 26.1 Å². The maximum atomic E-state index is 11.3. The van der Waals surface area contributed by atoms with Crippen molar-refractivity contribution >= 4 is 11.9 Å². The van der Waals surface area contributed by atoms with E-state index < -0.39 is 6.03 Å². The molecule has 1 atom stereocenters. The number of nitrogens with one attached hydrogen (secondary N) is 2. The summed E-state index contributed by atoms with van der Waals surface area (Å²) in [7, 11) is 3.42. The minimum absolute atomic E-state index is 0.187. The van der Waals surface area contributed by atoms with Gasteiger partial charge in [-0.05, 0) is 25.9 Å². The Bertz CT molecular complexity index is 269. The molecule has 3 amide bonds. The molecule has 18 heavy (non-hydrogen) atoms. The van der Waals surface area contributed by atoms with E-state index in [1.165, 1.54) is 7.05 Å². The van der Waals surface area contributed by atoms with Gasteiger partial charge in [0.05, 0.1) is 0 Å². The highest BCUT2D eigenvalue weighted by molar-refractivity contribution is 5.94. The monoisotopic (exact) mass is 258 g/mol. The summed E-state index contributed by atoms with van der Waals surface area (Å²) in [6.07, 6.45) is 1.21. The molecule has 0 aliphatic carbocycles. The lowest BCUT2D eigenvalue weighted by atomic mass is 10.0. The Labute approximate surface area is 109 Å². The maximum Gasteiger partial charge on any atom is 0.321 e. The van der Waals surface area contributed by atoms with Crippen LogP contribution in [0.3, 0.4) is 0 Å². The Hall–Kier alpha value is -1.14. The molecule has 0 rings (SSSR count). The molecular weight excluding hydrogens is 232 g/mol. The van der Waals surface area contributed by atoms with Crippen LogP contribution in [0.25, 0.3) is 0 Å². The van der Waals surface area contributed by atoms with Crippen molar-refractivity contribution < 1.29 is 9.59 Å². The molecule has 0 radical (unpaired) electrons. The number of hydrogen-bond acceptors (Lipinski definition) is 4. The normalized spacial score (nSPS) is 12.6. The third kappa shape index (κ3) is 8.03. The predicted octanol–water partition coefficient (Wildman–Crippen LogP) is 0.137. The van der Waals surface area contributed by atoms with Gasteiger partial charge in [-0.2, -0.15) is 0 Å². The minimum atomic E-state index is -0.468. The summed E-state index contributed by atoms with van der Waals surface area (Å²) in [4.78, 5) is 24.3. The molecule has 0 saturated heterocycles. The third-order valence-electron chi connectivity index (χ3n) is 2.90. The average Bonchev–Trinajstić information content (AvgIpc) is 2.32. The van der Waals surface area contributed by atoms with E-state index >= 15 is 0 Å². The van der Waals surface area contributed by atoms with E-state index in [0.717, 1.165) is 13.0 Å². The van der Waals surface area contributed by atoms with Gasteiger partial charge in [0.15, 0.2) is 0 Å². The van der Waals surface area contributed by atoms with Crippen molar-refractivity contribution in [2.45, 2.75) is 32.7 Å². The highest BCUT2D eigenvalue weighted by Gasteiger charge is 2.10. The molecular formula is C12H26N4O2. The molecule has 0 aliphatic rings. The first-order valence-corrected chi connectivity index (χ1v) is 6.32. The molecule has 0 aliphatic heterocycles. The minimum Gasteiger partial charge on any atom is -0.341 e. The van der Waals surface area contributed by atoms with Gasteiger partial charge in [-0.1, -0.05) is 13.8 Å². The van der Waals surface area contributed by atoms with Crippen LogP contribution in [0, 0.1) is 5.92 Å². The van der Waals surface area contributed by atoms with E-state index in [1.807, 2.05) is 11.9 Å². The number of hydrogen-bond donors (Lipinski definition) is 3. The van der Waals surface area contributed by atoms with Crippen LogP contribution in [-0.2, 0) is 4.79 Å². The number of rotatable bonds is 7. The summed E-state index contributed by atoms with van der Waals surface area (Å²) in [5.41, 5.74) is 5.95. The molecule has 0 aromatic rings. The van der Waals surface area contributed by atoms with Crippen LogP contribution in [0.5, 0.6) is 0 Å². The molecule has 0 aromatic heterocycles. The molecule has 0 saturated carbocycles. The summed E-state index contributed by atoms with van der Waals surface area (Å²) in [6.45, 7) is 5.67. The summed E-state index contributed by atoms with van der Waals surface area (Å²) < 4.78 is 0. The number of nitrogens with zero attached hydrogens (tertiary/aromatic N) is 1. The Kier molecular flexibility index (Phi) is 8.32. The van der Waals surface area contributed by atoms with Gasteiger partial charge in [0.1, 0.15) is 0 Å². The molecule has 6 heteroatoms. The van der Waals surface area contributed by atoms with E-state index in [2.05, 4.69) is 24.5 Å². The molecule has 0 heterocycles. The van der Waals surface area contributed by atoms with Crippen LogP contribution in [0.15, 0.2) is 0 Å². The number of carbonyl (C=O) groups is 2. The average molecular weight is 258 g/mol. The highest BCUT2D eigenvalue weighted by atomic mass is 16.2. The zero-order valence-electron chi connectivity index (χ0n) is 11.8. The molecule has 0 fully saturated rings. The summed E-state index contributed by atoms with van der Waals surface area (Å²) in [6, 6.07) is -0.281. The molecule has 0 spiro atoms. The highest BCUT2D eigenvalue weighted by Crippen LogP contribution is 2.03. The van der Waals surface area contributed by atoms with Crippen molar-refractivity contribution in [1.82, 2.24) is 15.5 Å². The number of nitrogens with two attached hydrogens (primary N) is 1. The van der Waals surface area contributed by atoms with E-state index in [0.29, 0.717) is 18.9 Å². The zero-order chi connectivity index (χ0) is 14.1. The van der Waals surface area contributed by atoms with E-state index in [1.54, 1.807) is 0 Å². The van der Waals surface area contributed by atoms with Gasteiger partial charge in [-0.25, -0.2) is 4.79 Å². The third-order valence-corrected chi connectivity index (χ3v) is 2.90. The van der Waals surface area contributed by atoms with Crippen LogP contribution in [-0.4, -0.2) is 50.1 Å². The van der Waals surface area contributed by atoms with Gasteiger partial charge in [0.25, 0.3) is 0 Å². The number of imide groups is 1. The summed E-state index contributed by atoms with van der Waals surface area (Å²) in [5, 5.41) is 4.56. The van der Waals surface area contributed by atoms with E-state index in [-0.39, 0.29) is 11.9 Å². The number of carbonyl (C=O) groups excluding carboxylic acids is 2. The second kappa shape index (κ2) is 8.88. The van der Waals surface area contributed by atoms with Crippen LogP contribution in [0.2, 0.25) is 0 Å². The maximum absolute atomic E-state index is 11.3. The molecule has 1 unspecified atom stereocenters. The van der Waals surface area contributed by atoms with Crippen molar-refractivity contribution in [2.75, 3.05) is 27.2 Å². The van der Waals surface area contributed by atoms with Crippen molar-refractivity contribution in [2.24, 2.45) is 11.7 Å². The largest absolute Gasteiger partial charge is 0.341 e. The first kappa shape index (κ1) is 16.9. The molecule has 0 aromatic carbocycles. The predicted molar refractivity (Wildman–Crippen MR) is 72.1 cm³/mol. The van der Waals surface area contributed by atoms with Crippen LogP contribution < -0.4 is 16.4 Å². The smallest absolute Gasteiger partial charge is 0.321 e. The standard InChI is InChI=1S/C12H26N4O2/c1-9(2)10(13)5-7-16(4)8-6-11(17)15-12(18)14-3/h9-10H,5-8,13H2,1-4H3,(H2,14,15,17,18). The van der Waals surface area contributed by atoms with Gasteiger partial charge in [-0.15, -0.1) is 0 Å². The quantitative estimate of drug-likeness (QED) is 0.606. The second-order valence-corrected chi connectivity index (χ2v) is 4.88. The van der Waals surface area contributed by atoms with Crippen molar-refractivity contribution in [3.05, 3.63) is 0 Å². The first-order chi connectivity index (χ1) is 8.36. The lowest BCUT2D eigenvalue weighted by Crippen LogP contribution is -2.39. The molecule has 4 N–H and O–H groups in total. The van der Waals surface area contributed by atoms with Crippen molar-refractivity contribution in [3.8, 4) is 0 Å². The second-order valence-electron chi connectivity index (χ2n) is 4.88. The fourth-order valence-corrected chi connectivity index (χ4v) is 1.36. The van der Waals surface area contributed by atoms with Crippen LogP contribution in [0.1, 0.15) is 26.7 Å².